The molecule has 3 rings (SSSR count). The van der Waals surface area contributed by atoms with E-state index < -0.39 is 0 Å². The molecule has 0 atom stereocenters. The molecule has 1 N–H and O–H groups in total. The molecule has 0 unspecified atom stereocenters. The standard InChI is InChI=1S/C20H16Cl2FN/c21-17-6-4-16(5-7-17)19-11-15(3-10-20(19)22)13-24-12-14-1-8-18(23)9-2-14/h1-11,24H,12-13H2. The molecule has 0 aliphatic rings. The third-order valence-corrected chi connectivity index (χ3v) is 4.34. The molecule has 0 aromatic heterocycles. The molecule has 122 valence electrons. The van der Waals surface area contributed by atoms with Gasteiger partial charge in [-0.3, -0.25) is 0 Å². The van der Waals surface area contributed by atoms with Crippen molar-refractivity contribution in [2.45, 2.75) is 13.1 Å². The van der Waals surface area contributed by atoms with Crippen LogP contribution in [0.3, 0.4) is 0 Å². The minimum atomic E-state index is -0.218. The molecule has 3 aromatic carbocycles. The number of hydrogen-bond acceptors (Lipinski definition) is 1. The molecule has 4 heteroatoms. The fraction of sp³-hybridized carbons (Fsp3) is 0.100. The quantitative estimate of drug-likeness (QED) is 0.581. The number of halogens is 3. The van der Waals surface area contributed by atoms with E-state index in [1.807, 2.05) is 36.4 Å². The Hall–Kier alpha value is -1.87. The first kappa shape index (κ1) is 17.0. The SMILES string of the molecule is Fc1ccc(CNCc2ccc(Cl)c(-c3ccc(Cl)cc3)c2)cc1. The normalized spacial score (nSPS) is 10.8. The molecule has 0 radical (unpaired) electrons. The third-order valence-electron chi connectivity index (χ3n) is 3.76. The molecule has 1 nitrogen and oxygen atoms in total. The van der Waals surface area contributed by atoms with Gasteiger partial charge in [-0.15, -0.1) is 0 Å². The summed E-state index contributed by atoms with van der Waals surface area (Å²) in [7, 11) is 0. The van der Waals surface area contributed by atoms with Crippen LogP contribution in [0.5, 0.6) is 0 Å². The van der Waals surface area contributed by atoms with Crippen molar-refractivity contribution in [2.75, 3.05) is 0 Å². The molecule has 0 aliphatic carbocycles. The van der Waals surface area contributed by atoms with Crippen molar-refractivity contribution in [2.24, 2.45) is 0 Å². The summed E-state index contributed by atoms with van der Waals surface area (Å²) in [5, 5.41) is 4.77. The highest BCUT2D eigenvalue weighted by Crippen LogP contribution is 2.29. The lowest BCUT2D eigenvalue weighted by Gasteiger charge is -2.10. The Kier molecular flexibility index (Phi) is 5.52. The minimum Gasteiger partial charge on any atom is -0.309 e. The monoisotopic (exact) mass is 359 g/mol. The zero-order valence-corrected chi connectivity index (χ0v) is 14.4. The zero-order valence-electron chi connectivity index (χ0n) is 12.9. The zero-order chi connectivity index (χ0) is 16.9. The molecular formula is C20H16Cl2FN. The highest BCUT2D eigenvalue weighted by Gasteiger charge is 2.05. The summed E-state index contributed by atoms with van der Waals surface area (Å²) >= 11 is 12.3. The molecule has 0 aliphatic heterocycles. The van der Waals surface area contributed by atoms with Gasteiger partial charge in [0.2, 0.25) is 0 Å². The van der Waals surface area contributed by atoms with Crippen molar-refractivity contribution in [3.63, 3.8) is 0 Å². The summed E-state index contributed by atoms with van der Waals surface area (Å²) in [5.41, 5.74) is 4.19. The predicted octanol–water partition coefficient (Wildman–Crippen LogP) is 6.09. The van der Waals surface area contributed by atoms with Gasteiger partial charge in [0.05, 0.1) is 0 Å². The van der Waals surface area contributed by atoms with Gasteiger partial charge in [-0.1, -0.05) is 53.5 Å². The maximum Gasteiger partial charge on any atom is 0.123 e. The highest BCUT2D eigenvalue weighted by molar-refractivity contribution is 6.33. The van der Waals surface area contributed by atoms with E-state index >= 15 is 0 Å². The van der Waals surface area contributed by atoms with E-state index in [2.05, 4.69) is 11.4 Å². The number of nitrogens with one attached hydrogen (secondary N) is 1. The first-order valence-electron chi connectivity index (χ1n) is 7.61. The fourth-order valence-electron chi connectivity index (χ4n) is 2.49. The largest absolute Gasteiger partial charge is 0.309 e. The van der Waals surface area contributed by atoms with E-state index in [4.69, 9.17) is 23.2 Å². The third kappa shape index (κ3) is 4.35. The lowest BCUT2D eigenvalue weighted by molar-refractivity contribution is 0.625. The van der Waals surface area contributed by atoms with E-state index in [0.29, 0.717) is 23.1 Å². The molecular weight excluding hydrogens is 344 g/mol. The van der Waals surface area contributed by atoms with Crippen molar-refractivity contribution < 1.29 is 4.39 Å². The van der Waals surface area contributed by atoms with E-state index in [1.165, 1.54) is 12.1 Å². The van der Waals surface area contributed by atoms with Crippen molar-refractivity contribution in [1.29, 1.82) is 0 Å². The van der Waals surface area contributed by atoms with Gasteiger partial charge in [-0.25, -0.2) is 4.39 Å². The molecule has 0 saturated heterocycles. The average molecular weight is 360 g/mol. The van der Waals surface area contributed by atoms with Crippen LogP contribution in [0.2, 0.25) is 10.0 Å². The summed E-state index contributed by atoms with van der Waals surface area (Å²) < 4.78 is 12.9. The summed E-state index contributed by atoms with van der Waals surface area (Å²) in [4.78, 5) is 0. The molecule has 0 saturated carbocycles. The molecule has 24 heavy (non-hydrogen) atoms. The summed E-state index contributed by atoms with van der Waals surface area (Å²) in [5.74, 6) is -0.218. The van der Waals surface area contributed by atoms with Crippen LogP contribution >= 0.6 is 23.2 Å². The van der Waals surface area contributed by atoms with Crippen molar-refractivity contribution in [3.8, 4) is 11.1 Å². The van der Waals surface area contributed by atoms with Crippen LogP contribution in [0.15, 0.2) is 66.7 Å². The summed E-state index contributed by atoms with van der Waals surface area (Å²) in [6.07, 6.45) is 0. The Balaban J connectivity index is 1.69. The Morgan fingerprint density at radius 3 is 2.08 bits per heavy atom. The van der Waals surface area contributed by atoms with Gasteiger partial charge in [0.1, 0.15) is 5.82 Å². The summed E-state index contributed by atoms with van der Waals surface area (Å²) in [6, 6.07) is 20.1. The second-order valence-electron chi connectivity index (χ2n) is 5.55. The van der Waals surface area contributed by atoms with Crippen LogP contribution in [0, 0.1) is 5.82 Å². The second kappa shape index (κ2) is 7.80. The molecule has 3 aromatic rings. The van der Waals surface area contributed by atoms with Crippen molar-refractivity contribution in [1.82, 2.24) is 5.32 Å². The molecule has 0 bridgehead atoms. The van der Waals surface area contributed by atoms with Gasteiger partial charge in [-0.2, -0.15) is 0 Å². The highest BCUT2D eigenvalue weighted by atomic mass is 35.5. The fourth-order valence-corrected chi connectivity index (χ4v) is 2.84. The first-order valence-corrected chi connectivity index (χ1v) is 8.37. The van der Waals surface area contributed by atoms with E-state index in [-0.39, 0.29) is 5.82 Å². The van der Waals surface area contributed by atoms with Crippen LogP contribution in [0.25, 0.3) is 11.1 Å². The van der Waals surface area contributed by atoms with Gasteiger partial charge in [0.15, 0.2) is 0 Å². The summed E-state index contributed by atoms with van der Waals surface area (Å²) in [6.45, 7) is 1.38. The Morgan fingerprint density at radius 1 is 0.750 bits per heavy atom. The lowest BCUT2D eigenvalue weighted by atomic mass is 10.0. The topological polar surface area (TPSA) is 12.0 Å². The smallest absolute Gasteiger partial charge is 0.123 e. The Bertz CT molecular complexity index is 814. The van der Waals surface area contributed by atoms with Crippen LogP contribution in [0.1, 0.15) is 11.1 Å². The van der Waals surface area contributed by atoms with Gasteiger partial charge in [0, 0.05) is 28.7 Å². The van der Waals surface area contributed by atoms with Crippen molar-refractivity contribution in [3.05, 3.63) is 93.7 Å². The van der Waals surface area contributed by atoms with Gasteiger partial charge >= 0.3 is 0 Å². The number of hydrogen-bond donors (Lipinski definition) is 1. The van der Waals surface area contributed by atoms with Crippen LogP contribution < -0.4 is 5.32 Å². The first-order chi connectivity index (χ1) is 11.6. The van der Waals surface area contributed by atoms with Gasteiger partial charge in [-0.05, 0) is 53.1 Å². The van der Waals surface area contributed by atoms with E-state index in [1.54, 1.807) is 12.1 Å². The van der Waals surface area contributed by atoms with Crippen molar-refractivity contribution >= 4 is 23.2 Å². The average Bonchev–Trinajstić information content (AvgIpc) is 2.59. The number of rotatable bonds is 5. The van der Waals surface area contributed by atoms with E-state index in [0.717, 1.165) is 22.3 Å². The van der Waals surface area contributed by atoms with Crippen LogP contribution in [0.4, 0.5) is 4.39 Å². The maximum absolute atomic E-state index is 12.9. The second-order valence-corrected chi connectivity index (χ2v) is 6.39. The van der Waals surface area contributed by atoms with E-state index in [9.17, 15) is 4.39 Å². The number of benzene rings is 3. The maximum atomic E-state index is 12.9. The Labute approximate surface area is 151 Å². The predicted molar refractivity (Wildman–Crippen MR) is 98.8 cm³/mol. The Morgan fingerprint density at radius 2 is 1.38 bits per heavy atom. The minimum absolute atomic E-state index is 0.218. The molecule has 0 fully saturated rings. The van der Waals surface area contributed by atoms with Gasteiger partial charge < -0.3 is 5.32 Å². The van der Waals surface area contributed by atoms with Gasteiger partial charge in [0.25, 0.3) is 0 Å². The lowest BCUT2D eigenvalue weighted by Crippen LogP contribution is -2.12. The molecule has 0 amide bonds. The molecule has 0 spiro atoms. The van der Waals surface area contributed by atoms with Crippen LogP contribution in [-0.4, -0.2) is 0 Å². The molecule has 0 heterocycles. The van der Waals surface area contributed by atoms with Crippen LogP contribution in [-0.2, 0) is 13.1 Å².